The van der Waals surface area contributed by atoms with Crippen LogP contribution in [0, 0.1) is 24.1 Å². The molecule has 9 nitrogen and oxygen atoms in total. The van der Waals surface area contributed by atoms with Gasteiger partial charge in [-0.1, -0.05) is 12.1 Å². The van der Waals surface area contributed by atoms with E-state index in [2.05, 4.69) is 9.71 Å². The van der Waals surface area contributed by atoms with Crippen molar-refractivity contribution in [2.24, 2.45) is 0 Å². The largest absolute Gasteiger partial charge is 0.332 e. The van der Waals surface area contributed by atoms with Gasteiger partial charge >= 0.3 is 5.69 Å². The highest BCUT2D eigenvalue weighted by molar-refractivity contribution is 7.89. The Labute approximate surface area is 209 Å². The molecule has 1 aliphatic carbocycles. The van der Waals surface area contributed by atoms with E-state index in [0.29, 0.717) is 23.3 Å². The topological polar surface area (TPSA) is 127 Å². The number of benzene rings is 2. The minimum absolute atomic E-state index is 0.0302. The van der Waals surface area contributed by atoms with E-state index >= 15 is 0 Å². The van der Waals surface area contributed by atoms with Crippen LogP contribution in [0.15, 0.2) is 63.1 Å². The summed E-state index contributed by atoms with van der Waals surface area (Å²) in [6, 6.07) is 11.5. The predicted molar refractivity (Wildman–Crippen MR) is 132 cm³/mol. The van der Waals surface area contributed by atoms with Gasteiger partial charge in [-0.3, -0.25) is 13.9 Å². The zero-order chi connectivity index (χ0) is 25.7. The molecule has 0 unspecified atom stereocenters. The second-order valence-electron chi connectivity index (χ2n) is 8.71. The first-order valence-electron chi connectivity index (χ1n) is 11.0. The summed E-state index contributed by atoms with van der Waals surface area (Å²) < 4.78 is 44.2. The molecule has 0 radical (unpaired) electrons. The molecule has 5 rings (SSSR count). The number of sulfonamides is 1. The molecule has 12 heteroatoms. The van der Waals surface area contributed by atoms with E-state index in [-0.39, 0.29) is 28.9 Å². The van der Waals surface area contributed by atoms with Gasteiger partial charge in [0, 0.05) is 11.1 Å². The summed E-state index contributed by atoms with van der Waals surface area (Å²) in [7, 11) is -4.09. The van der Waals surface area contributed by atoms with Crippen molar-refractivity contribution in [3.05, 3.63) is 90.8 Å². The van der Waals surface area contributed by atoms with Crippen molar-refractivity contribution in [1.82, 2.24) is 18.8 Å². The van der Waals surface area contributed by atoms with Crippen LogP contribution < -0.4 is 16.0 Å². The van der Waals surface area contributed by atoms with Crippen molar-refractivity contribution in [2.45, 2.75) is 43.3 Å². The number of thiazole rings is 1. The Bertz CT molecular complexity index is 1760. The molecule has 0 atom stereocenters. The van der Waals surface area contributed by atoms with Gasteiger partial charge in [0.1, 0.15) is 11.4 Å². The lowest BCUT2D eigenvalue weighted by atomic mass is 10.2. The first-order valence-corrected chi connectivity index (χ1v) is 13.3. The molecule has 2 aromatic carbocycles. The Balaban J connectivity index is 1.68. The van der Waals surface area contributed by atoms with Crippen LogP contribution in [0.3, 0.4) is 0 Å². The third kappa shape index (κ3) is 4.48. The Hall–Kier alpha value is -3.66. The highest BCUT2D eigenvalue weighted by Gasteiger charge is 2.46. The van der Waals surface area contributed by atoms with Crippen molar-refractivity contribution in [3.8, 4) is 6.07 Å². The van der Waals surface area contributed by atoms with Crippen LogP contribution >= 0.6 is 11.3 Å². The summed E-state index contributed by atoms with van der Waals surface area (Å²) in [5, 5.41) is 10.1. The number of nitrogens with one attached hydrogen (secondary N) is 1. The van der Waals surface area contributed by atoms with Gasteiger partial charge in [-0.05, 0) is 55.7 Å². The minimum atomic E-state index is -4.09. The normalized spacial score (nSPS) is 14.6. The maximum Gasteiger partial charge on any atom is 0.332 e. The third-order valence-electron chi connectivity index (χ3n) is 6.04. The van der Waals surface area contributed by atoms with E-state index < -0.39 is 32.6 Å². The number of nitriles is 1. The van der Waals surface area contributed by atoms with Crippen LogP contribution in [0.4, 0.5) is 4.39 Å². The first kappa shape index (κ1) is 24.1. The minimum Gasteiger partial charge on any atom is -0.289 e. The SMILES string of the molecule is Cc1ncc(Cn2c(=O)c3cc(S(=O)(=O)NC4(C#N)CC4)ccc3n(Cc3ccc(F)cc3)c2=O)s1. The zero-order valence-corrected chi connectivity index (χ0v) is 20.7. The predicted octanol–water partition coefficient (Wildman–Crippen LogP) is 2.50. The summed E-state index contributed by atoms with van der Waals surface area (Å²) in [5.41, 5.74) is -1.49. The molecule has 0 amide bonds. The zero-order valence-electron chi connectivity index (χ0n) is 19.1. The number of rotatable bonds is 7. The quantitative estimate of drug-likeness (QED) is 0.395. The van der Waals surface area contributed by atoms with Crippen molar-refractivity contribution in [2.75, 3.05) is 0 Å². The molecule has 0 saturated heterocycles. The van der Waals surface area contributed by atoms with Crippen molar-refractivity contribution >= 4 is 32.3 Å². The van der Waals surface area contributed by atoms with E-state index in [1.54, 1.807) is 6.20 Å². The van der Waals surface area contributed by atoms with Gasteiger partial charge in [0.2, 0.25) is 10.0 Å². The van der Waals surface area contributed by atoms with Crippen LogP contribution in [-0.4, -0.2) is 28.1 Å². The molecule has 36 heavy (non-hydrogen) atoms. The van der Waals surface area contributed by atoms with Gasteiger partial charge in [0.05, 0.1) is 40.0 Å². The molecule has 0 aliphatic heterocycles. The molecule has 1 aliphatic rings. The lowest BCUT2D eigenvalue weighted by molar-refractivity contribution is 0.571. The lowest BCUT2D eigenvalue weighted by Crippen LogP contribution is -2.40. The second kappa shape index (κ2) is 8.77. The monoisotopic (exact) mass is 525 g/mol. The second-order valence-corrected chi connectivity index (χ2v) is 11.7. The van der Waals surface area contributed by atoms with Gasteiger partial charge in [-0.2, -0.15) is 9.98 Å². The molecule has 1 saturated carbocycles. The number of fused-ring (bicyclic) bond motifs is 1. The van der Waals surface area contributed by atoms with Crippen LogP contribution in [0.2, 0.25) is 0 Å². The molecule has 1 fully saturated rings. The number of aromatic nitrogens is 3. The highest BCUT2D eigenvalue weighted by atomic mass is 32.2. The Morgan fingerprint density at radius 2 is 1.86 bits per heavy atom. The Morgan fingerprint density at radius 3 is 2.47 bits per heavy atom. The van der Waals surface area contributed by atoms with Gasteiger partial charge in [0.25, 0.3) is 5.56 Å². The van der Waals surface area contributed by atoms with Crippen molar-refractivity contribution < 1.29 is 12.8 Å². The standard InChI is InChI=1S/C24H20FN5O4S2/c1-15-27-11-18(35-15)13-30-22(31)20-10-19(36(33,34)28-24(14-26)8-9-24)6-7-21(20)29(23(30)32)12-16-2-4-17(25)5-3-16/h2-7,10-11,28H,8-9,12-13H2,1H3. The molecule has 184 valence electrons. The fourth-order valence-electron chi connectivity index (χ4n) is 3.95. The summed E-state index contributed by atoms with van der Waals surface area (Å²) in [6.45, 7) is 1.82. The fourth-order valence-corrected chi connectivity index (χ4v) is 6.13. The fraction of sp³-hybridized carbons (Fsp3) is 0.250. The average molecular weight is 526 g/mol. The van der Waals surface area contributed by atoms with Crippen LogP contribution in [0.25, 0.3) is 10.9 Å². The summed E-state index contributed by atoms with van der Waals surface area (Å²) in [4.78, 5) is 31.6. The third-order valence-corrected chi connectivity index (χ3v) is 8.47. The summed E-state index contributed by atoms with van der Waals surface area (Å²) >= 11 is 1.34. The number of aryl methyl sites for hydroxylation is 1. The van der Waals surface area contributed by atoms with Gasteiger partial charge in [-0.15, -0.1) is 11.3 Å². The van der Waals surface area contributed by atoms with Gasteiger partial charge < -0.3 is 0 Å². The molecule has 0 bridgehead atoms. The first-order chi connectivity index (χ1) is 17.1. The van der Waals surface area contributed by atoms with Gasteiger partial charge in [0.15, 0.2) is 0 Å². The molecular weight excluding hydrogens is 505 g/mol. The maximum absolute atomic E-state index is 13.5. The average Bonchev–Trinajstić information content (AvgIpc) is 3.50. The van der Waals surface area contributed by atoms with Crippen LogP contribution in [0.5, 0.6) is 0 Å². The molecule has 0 spiro atoms. The number of hydrogen-bond donors (Lipinski definition) is 1. The number of halogens is 1. The smallest absolute Gasteiger partial charge is 0.289 e. The maximum atomic E-state index is 13.5. The van der Waals surface area contributed by atoms with E-state index in [1.807, 2.05) is 13.0 Å². The molecule has 4 aromatic rings. The summed E-state index contributed by atoms with van der Waals surface area (Å²) in [6.07, 6.45) is 2.41. The number of nitrogens with zero attached hydrogens (tertiary/aromatic N) is 4. The van der Waals surface area contributed by atoms with E-state index in [0.717, 1.165) is 9.57 Å². The van der Waals surface area contributed by atoms with E-state index in [4.69, 9.17) is 0 Å². The van der Waals surface area contributed by atoms with E-state index in [9.17, 15) is 27.7 Å². The molecule has 1 N–H and O–H groups in total. The van der Waals surface area contributed by atoms with Gasteiger partial charge in [-0.25, -0.2) is 22.6 Å². The van der Waals surface area contributed by atoms with Crippen LogP contribution in [0.1, 0.15) is 28.3 Å². The lowest BCUT2D eigenvalue weighted by Gasteiger charge is -2.16. The Kier molecular flexibility index (Phi) is 5.86. The summed E-state index contributed by atoms with van der Waals surface area (Å²) in [5.74, 6) is -0.422. The molecule has 2 heterocycles. The number of hydrogen-bond acceptors (Lipinski definition) is 7. The van der Waals surface area contributed by atoms with Crippen molar-refractivity contribution in [1.29, 1.82) is 5.26 Å². The molecular formula is C24H20FN5O4S2. The highest BCUT2D eigenvalue weighted by Crippen LogP contribution is 2.36. The van der Waals surface area contributed by atoms with Crippen LogP contribution in [-0.2, 0) is 23.1 Å². The van der Waals surface area contributed by atoms with Crippen molar-refractivity contribution in [3.63, 3.8) is 0 Å². The molecule has 2 aromatic heterocycles. The Morgan fingerprint density at radius 1 is 1.14 bits per heavy atom. The van der Waals surface area contributed by atoms with E-state index in [1.165, 1.54) is 58.4 Å².